The second-order valence-corrected chi connectivity index (χ2v) is 5.71. The highest BCUT2D eigenvalue weighted by atomic mass is 35.5. The minimum absolute atomic E-state index is 0.470. The lowest BCUT2D eigenvalue weighted by molar-refractivity contribution is 0.647. The van der Waals surface area contributed by atoms with E-state index < -0.39 is 0 Å². The van der Waals surface area contributed by atoms with E-state index >= 15 is 0 Å². The van der Waals surface area contributed by atoms with Gasteiger partial charge in [-0.2, -0.15) is 0 Å². The monoisotopic (exact) mass is 273 g/mol. The first-order valence-electron chi connectivity index (χ1n) is 6.68. The number of rotatable bonds is 4. The van der Waals surface area contributed by atoms with Gasteiger partial charge in [0, 0.05) is 11.6 Å². The summed E-state index contributed by atoms with van der Waals surface area (Å²) in [5.74, 6) is 0.685. The highest BCUT2D eigenvalue weighted by Gasteiger charge is 2.03. The van der Waals surface area contributed by atoms with Crippen molar-refractivity contribution in [3.05, 3.63) is 58.6 Å². The highest BCUT2D eigenvalue weighted by molar-refractivity contribution is 6.31. The Morgan fingerprint density at radius 3 is 2.21 bits per heavy atom. The van der Waals surface area contributed by atoms with Crippen molar-refractivity contribution < 1.29 is 0 Å². The third kappa shape index (κ3) is 3.59. The van der Waals surface area contributed by atoms with Crippen LogP contribution in [0.2, 0.25) is 5.02 Å². The molecule has 0 radical (unpaired) electrons. The fourth-order valence-electron chi connectivity index (χ4n) is 2.22. The molecule has 0 saturated heterocycles. The normalized spacial score (nSPS) is 11.0. The molecule has 0 heterocycles. The smallest absolute Gasteiger partial charge is 0.0451 e. The summed E-state index contributed by atoms with van der Waals surface area (Å²) in [6.45, 7) is 4.94. The van der Waals surface area contributed by atoms with E-state index in [-0.39, 0.29) is 0 Å². The second-order valence-electron chi connectivity index (χ2n) is 5.31. The van der Waals surface area contributed by atoms with Gasteiger partial charge in [0.05, 0.1) is 0 Å². The standard InChI is InChI=1S/C17H20ClN/c1-12(2)9-13-3-5-14(6-4-13)15-7-8-17(18)16(10-15)11-19/h3-8,10,12H,9,11,19H2,1-2H3. The van der Waals surface area contributed by atoms with E-state index in [4.69, 9.17) is 17.3 Å². The van der Waals surface area contributed by atoms with Gasteiger partial charge >= 0.3 is 0 Å². The molecule has 0 fully saturated rings. The zero-order valence-electron chi connectivity index (χ0n) is 11.5. The maximum atomic E-state index is 6.09. The molecule has 2 aromatic rings. The minimum atomic E-state index is 0.470. The quantitative estimate of drug-likeness (QED) is 0.861. The molecular formula is C17H20ClN. The third-order valence-corrected chi connectivity index (χ3v) is 3.57. The van der Waals surface area contributed by atoms with Gasteiger partial charge in [-0.3, -0.25) is 0 Å². The molecule has 100 valence electrons. The second kappa shape index (κ2) is 6.23. The third-order valence-electron chi connectivity index (χ3n) is 3.20. The van der Waals surface area contributed by atoms with Crippen LogP contribution < -0.4 is 5.73 Å². The lowest BCUT2D eigenvalue weighted by atomic mass is 9.98. The highest BCUT2D eigenvalue weighted by Crippen LogP contribution is 2.25. The van der Waals surface area contributed by atoms with Crippen LogP contribution in [0.3, 0.4) is 0 Å². The average Bonchev–Trinajstić information content (AvgIpc) is 2.40. The van der Waals surface area contributed by atoms with E-state index in [2.05, 4.69) is 44.2 Å². The summed E-state index contributed by atoms with van der Waals surface area (Å²) < 4.78 is 0. The predicted molar refractivity (Wildman–Crippen MR) is 83.3 cm³/mol. The van der Waals surface area contributed by atoms with Gasteiger partial charge in [0.2, 0.25) is 0 Å². The van der Waals surface area contributed by atoms with Gasteiger partial charge in [-0.25, -0.2) is 0 Å². The number of halogens is 1. The molecule has 0 spiro atoms. The van der Waals surface area contributed by atoms with E-state index in [0.717, 1.165) is 17.0 Å². The first kappa shape index (κ1) is 14.1. The predicted octanol–water partition coefficient (Wildman–Crippen LogP) is 4.66. The van der Waals surface area contributed by atoms with Crippen molar-refractivity contribution in [2.45, 2.75) is 26.8 Å². The molecule has 0 aromatic heterocycles. The minimum Gasteiger partial charge on any atom is -0.326 e. The lowest BCUT2D eigenvalue weighted by Crippen LogP contribution is -1.97. The fraction of sp³-hybridized carbons (Fsp3) is 0.294. The van der Waals surface area contributed by atoms with E-state index in [1.54, 1.807) is 0 Å². The topological polar surface area (TPSA) is 26.0 Å². The Labute approximate surface area is 120 Å². The van der Waals surface area contributed by atoms with Gasteiger partial charge in [0.25, 0.3) is 0 Å². The van der Waals surface area contributed by atoms with Gasteiger partial charge in [0.15, 0.2) is 0 Å². The Morgan fingerprint density at radius 2 is 1.63 bits per heavy atom. The van der Waals surface area contributed by atoms with Crippen LogP contribution in [0.25, 0.3) is 11.1 Å². The van der Waals surface area contributed by atoms with Crippen LogP contribution in [0.1, 0.15) is 25.0 Å². The van der Waals surface area contributed by atoms with Crippen molar-refractivity contribution in [3.63, 3.8) is 0 Å². The van der Waals surface area contributed by atoms with Crippen LogP contribution in [-0.2, 0) is 13.0 Å². The zero-order chi connectivity index (χ0) is 13.8. The molecule has 2 rings (SSSR count). The number of nitrogens with two attached hydrogens (primary N) is 1. The summed E-state index contributed by atoms with van der Waals surface area (Å²) in [4.78, 5) is 0. The van der Waals surface area contributed by atoms with Crippen LogP contribution in [-0.4, -0.2) is 0 Å². The van der Waals surface area contributed by atoms with Crippen LogP contribution in [0.15, 0.2) is 42.5 Å². The van der Waals surface area contributed by atoms with Crippen LogP contribution in [0, 0.1) is 5.92 Å². The first-order chi connectivity index (χ1) is 9.10. The summed E-state index contributed by atoms with van der Waals surface area (Å²) in [7, 11) is 0. The molecule has 0 saturated carbocycles. The Hall–Kier alpha value is -1.31. The molecule has 0 aliphatic heterocycles. The maximum Gasteiger partial charge on any atom is 0.0451 e. The largest absolute Gasteiger partial charge is 0.326 e. The van der Waals surface area contributed by atoms with Crippen molar-refractivity contribution >= 4 is 11.6 Å². The zero-order valence-corrected chi connectivity index (χ0v) is 12.2. The summed E-state index contributed by atoms with van der Waals surface area (Å²) in [6, 6.07) is 14.8. The molecule has 0 unspecified atom stereocenters. The van der Waals surface area contributed by atoms with Crippen molar-refractivity contribution in [1.29, 1.82) is 0 Å². The van der Waals surface area contributed by atoms with Crippen LogP contribution >= 0.6 is 11.6 Å². The summed E-state index contributed by atoms with van der Waals surface area (Å²) in [6.07, 6.45) is 1.12. The Balaban J connectivity index is 2.27. The molecule has 2 aromatic carbocycles. The molecule has 2 N–H and O–H groups in total. The molecule has 0 atom stereocenters. The summed E-state index contributed by atoms with van der Waals surface area (Å²) in [5, 5.41) is 0.739. The summed E-state index contributed by atoms with van der Waals surface area (Å²) in [5.41, 5.74) is 10.4. The van der Waals surface area contributed by atoms with Gasteiger partial charge < -0.3 is 5.73 Å². The van der Waals surface area contributed by atoms with Crippen molar-refractivity contribution in [1.82, 2.24) is 0 Å². The molecule has 0 bridgehead atoms. The van der Waals surface area contributed by atoms with Gasteiger partial charge in [0.1, 0.15) is 0 Å². The number of benzene rings is 2. The Kier molecular flexibility index (Phi) is 4.62. The molecule has 0 aliphatic carbocycles. The average molecular weight is 274 g/mol. The molecule has 0 amide bonds. The van der Waals surface area contributed by atoms with E-state index in [0.29, 0.717) is 12.5 Å². The van der Waals surface area contributed by atoms with Crippen LogP contribution in [0.5, 0.6) is 0 Å². The number of hydrogen-bond donors (Lipinski definition) is 1. The first-order valence-corrected chi connectivity index (χ1v) is 7.05. The maximum absolute atomic E-state index is 6.09. The van der Waals surface area contributed by atoms with Crippen molar-refractivity contribution in [3.8, 4) is 11.1 Å². The van der Waals surface area contributed by atoms with Crippen molar-refractivity contribution in [2.75, 3.05) is 0 Å². The van der Waals surface area contributed by atoms with E-state index in [9.17, 15) is 0 Å². The van der Waals surface area contributed by atoms with Crippen LogP contribution in [0.4, 0.5) is 0 Å². The molecule has 2 heteroatoms. The molecule has 19 heavy (non-hydrogen) atoms. The van der Waals surface area contributed by atoms with E-state index in [1.165, 1.54) is 16.7 Å². The summed E-state index contributed by atoms with van der Waals surface area (Å²) >= 11 is 6.09. The Morgan fingerprint density at radius 1 is 1.00 bits per heavy atom. The number of hydrogen-bond acceptors (Lipinski definition) is 1. The van der Waals surface area contributed by atoms with Crippen molar-refractivity contribution in [2.24, 2.45) is 11.7 Å². The molecule has 1 nitrogen and oxygen atoms in total. The molecule has 0 aliphatic rings. The van der Waals surface area contributed by atoms with Gasteiger partial charge in [-0.15, -0.1) is 0 Å². The lowest BCUT2D eigenvalue weighted by Gasteiger charge is -2.08. The fourth-order valence-corrected chi connectivity index (χ4v) is 2.41. The van der Waals surface area contributed by atoms with Gasteiger partial charge in [-0.05, 0) is 46.7 Å². The molecular weight excluding hydrogens is 254 g/mol. The van der Waals surface area contributed by atoms with Gasteiger partial charge in [-0.1, -0.05) is 55.8 Å². The van der Waals surface area contributed by atoms with E-state index in [1.807, 2.05) is 12.1 Å². The Bertz CT molecular complexity index is 544. The SMILES string of the molecule is CC(C)Cc1ccc(-c2ccc(Cl)c(CN)c2)cc1.